The van der Waals surface area contributed by atoms with Gasteiger partial charge >= 0.3 is 0 Å². The Balaban J connectivity index is 1.79. The zero-order valence-electron chi connectivity index (χ0n) is 15.0. The summed E-state index contributed by atoms with van der Waals surface area (Å²) in [4.78, 5) is 0. The normalized spacial score (nSPS) is 15.8. The fourth-order valence-electron chi connectivity index (χ4n) is 3.36. The summed E-state index contributed by atoms with van der Waals surface area (Å²) in [6, 6.07) is 19.9. The second-order valence-corrected chi connectivity index (χ2v) is 6.69. The molecule has 1 atom stereocenters. The van der Waals surface area contributed by atoms with Gasteiger partial charge in [-0.3, -0.25) is 0 Å². The SMILES string of the molecule is Cc1ccc(Cc2c(N)nn3c2N[C@H](c2ccccc2)C(C#N)=C3N)cc1. The molecule has 0 bridgehead atoms. The number of aromatic nitrogens is 2. The highest BCUT2D eigenvalue weighted by Crippen LogP contribution is 2.38. The largest absolute Gasteiger partial charge is 0.383 e. The minimum absolute atomic E-state index is 0.307. The second kappa shape index (κ2) is 6.54. The van der Waals surface area contributed by atoms with Crippen LogP contribution in [0.1, 0.15) is 28.3 Å². The maximum absolute atomic E-state index is 9.66. The molecule has 1 aliphatic heterocycles. The van der Waals surface area contributed by atoms with E-state index in [-0.39, 0.29) is 6.04 Å². The van der Waals surface area contributed by atoms with Crippen molar-refractivity contribution >= 4 is 17.5 Å². The van der Waals surface area contributed by atoms with Crippen LogP contribution in [0, 0.1) is 18.3 Å². The molecular formula is C21H20N6. The van der Waals surface area contributed by atoms with Gasteiger partial charge in [-0.15, -0.1) is 5.10 Å². The lowest BCUT2D eigenvalue weighted by molar-refractivity contribution is 0.799. The predicted octanol–water partition coefficient (Wildman–Crippen LogP) is 3.18. The number of anilines is 2. The Labute approximate surface area is 157 Å². The first kappa shape index (κ1) is 16.7. The van der Waals surface area contributed by atoms with Crippen LogP contribution >= 0.6 is 0 Å². The van der Waals surface area contributed by atoms with E-state index in [1.807, 2.05) is 30.3 Å². The van der Waals surface area contributed by atoms with E-state index in [0.29, 0.717) is 23.6 Å². The van der Waals surface area contributed by atoms with Gasteiger partial charge in [-0.05, 0) is 18.1 Å². The molecule has 0 fully saturated rings. The molecule has 2 aromatic carbocycles. The summed E-state index contributed by atoms with van der Waals surface area (Å²) in [6.07, 6.45) is 0.630. The average molecular weight is 356 g/mol. The zero-order valence-corrected chi connectivity index (χ0v) is 15.0. The summed E-state index contributed by atoms with van der Waals surface area (Å²) >= 11 is 0. The van der Waals surface area contributed by atoms with Crippen molar-refractivity contribution in [2.75, 3.05) is 11.1 Å². The summed E-state index contributed by atoms with van der Waals surface area (Å²) in [5.41, 5.74) is 17.1. The molecule has 0 aliphatic carbocycles. The van der Waals surface area contributed by atoms with Crippen molar-refractivity contribution in [2.45, 2.75) is 19.4 Å². The fraction of sp³-hybridized carbons (Fsp3) is 0.143. The molecule has 0 radical (unpaired) electrons. The van der Waals surface area contributed by atoms with Gasteiger partial charge < -0.3 is 16.8 Å². The van der Waals surface area contributed by atoms with Crippen LogP contribution in [0.2, 0.25) is 0 Å². The third kappa shape index (κ3) is 2.89. The number of nitrogens with two attached hydrogens (primary N) is 2. The van der Waals surface area contributed by atoms with E-state index in [0.717, 1.165) is 22.5 Å². The summed E-state index contributed by atoms with van der Waals surface area (Å²) in [7, 11) is 0. The molecule has 5 N–H and O–H groups in total. The molecule has 0 spiro atoms. The first-order valence-electron chi connectivity index (χ1n) is 8.73. The lowest BCUT2D eigenvalue weighted by Crippen LogP contribution is -2.27. The van der Waals surface area contributed by atoms with E-state index >= 15 is 0 Å². The summed E-state index contributed by atoms with van der Waals surface area (Å²) in [6.45, 7) is 2.06. The summed E-state index contributed by atoms with van der Waals surface area (Å²) in [5, 5.41) is 17.5. The molecule has 1 aliphatic rings. The molecule has 27 heavy (non-hydrogen) atoms. The van der Waals surface area contributed by atoms with Crippen molar-refractivity contribution in [3.63, 3.8) is 0 Å². The Morgan fingerprint density at radius 1 is 1.11 bits per heavy atom. The molecule has 0 saturated carbocycles. The van der Waals surface area contributed by atoms with Crippen LogP contribution in [0.15, 0.2) is 60.2 Å². The van der Waals surface area contributed by atoms with E-state index in [9.17, 15) is 5.26 Å². The lowest BCUT2D eigenvalue weighted by Gasteiger charge is -2.27. The highest BCUT2D eigenvalue weighted by Gasteiger charge is 2.31. The molecule has 1 aromatic heterocycles. The van der Waals surface area contributed by atoms with E-state index in [4.69, 9.17) is 11.5 Å². The number of nitrogen functional groups attached to an aromatic ring is 1. The molecule has 0 amide bonds. The Morgan fingerprint density at radius 3 is 2.48 bits per heavy atom. The van der Waals surface area contributed by atoms with E-state index in [2.05, 4.69) is 47.7 Å². The first-order chi connectivity index (χ1) is 13.1. The van der Waals surface area contributed by atoms with Crippen molar-refractivity contribution in [1.29, 1.82) is 5.26 Å². The third-order valence-corrected chi connectivity index (χ3v) is 4.84. The van der Waals surface area contributed by atoms with Crippen LogP contribution in [0.4, 0.5) is 11.6 Å². The number of fused-ring (bicyclic) bond motifs is 1. The van der Waals surface area contributed by atoms with Crippen LogP contribution in [0.5, 0.6) is 0 Å². The number of aryl methyl sites for hydroxylation is 1. The van der Waals surface area contributed by atoms with Gasteiger partial charge in [0.1, 0.15) is 17.7 Å². The van der Waals surface area contributed by atoms with Crippen molar-refractivity contribution in [1.82, 2.24) is 9.78 Å². The first-order valence-corrected chi connectivity index (χ1v) is 8.73. The number of nitriles is 1. The van der Waals surface area contributed by atoms with Gasteiger partial charge in [0, 0.05) is 12.0 Å². The van der Waals surface area contributed by atoms with E-state index < -0.39 is 0 Å². The number of nitrogens with zero attached hydrogens (tertiary/aromatic N) is 3. The summed E-state index contributed by atoms with van der Waals surface area (Å²) < 4.78 is 1.54. The molecular weight excluding hydrogens is 336 g/mol. The molecule has 6 heteroatoms. The molecule has 134 valence electrons. The molecule has 2 heterocycles. The quantitative estimate of drug-likeness (QED) is 0.668. The van der Waals surface area contributed by atoms with Gasteiger partial charge in [0.2, 0.25) is 0 Å². The van der Waals surface area contributed by atoms with Gasteiger partial charge in [0.15, 0.2) is 5.82 Å². The number of hydrogen-bond donors (Lipinski definition) is 3. The number of rotatable bonds is 3. The molecule has 3 aromatic rings. The average Bonchev–Trinajstić information content (AvgIpc) is 3.00. The monoisotopic (exact) mass is 356 g/mol. The Kier molecular flexibility index (Phi) is 4.05. The van der Waals surface area contributed by atoms with E-state index in [1.54, 1.807) is 0 Å². The number of hydrogen-bond acceptors (Lipinski definition) is 5. The van der Waals surface area contributed by atoms with Gasteiger partial charge in [-0.1, -0.05) is 60.2 Å². The van der Waals surface area contributed by atoms with Gasteiger partial charge in [-0.2, -0.15) is 9.94 Å². The van der Waals surface area contributed by atoms with Gasteiger partial charge in [0.05, 0.1) is 11.6 Å². The fourth-order valence-corrected chi connectivity index (χ4v) is 3.36. The van der Waals surface area contributed by atoms with Crippen LogP contribution in [0.25, 0.3) is 5.82 Å². The Morgan fingerprint density at radius 2 is 1.81 bits per heavy atom. The minimum atomic E-state index is -0.337. The molecule has 0 unspecified atom stereocenters. The maximum Gasteiger partial charge on any atom is 0.151 e. The van der Waals surface area contributed by atoms with Gasteiger partial charge in [0.25, 0.3) is 0 Å². The third-order valence-electron chi connectivity index (χ3n) is 4.84. The van der Waals surface area contributed by atoms with Crippen LogP contribution in [0.3, 0.4) is 0 Å². The van der Waals surface area contributed by atoms with Gasteiger partial charge in [-0.25, -0.2) is 0 Å². The Bertz CT molecular complexity index is 1050. The highest BCUT2D eigenvalue weighted by atomic mass is 15.4. The minimum Gasteiger partial charge on any atom is -0.383 e. The molecule has 4 rings (SSSR count). The molecule has 0 saturated heterocycles. The number of benzene rings is 2. The summed E-state index contributed by atoms with van der Waals surface area (Å²) in [5.74, 6) is 1.45. The topological polar surface area (TPSA) is 106 Å². The van der Waals surface area contributed by atoms with Crippen molar-refractivity contribution in [3.05, 3.63) is 82.4 Å². The predicted molar refractivity (Wildman–Crippen MR) is 106 cm³/mol. The standard InChI is InChI=1S/C21H20N6/c1-13-7-9-14(10-8-13)11-16-19(23)26-27-20(24)17(12-22)18(25-21(16)27)15-5-3-2-4-6-15/h2-10,18,25H,11,24H2,1H3,(H2,23,26)/t18-/m1/s1. The lowest BCUT2D eigenvalue weighted by atomic mass is 9.97. The zero-order chi connectivity index (χ0) is 19.0. The van der Waals surface area contributed by atoms with E-state index in [1.165, 1.54) is 10.2 Å². The van der Waals surface area contributed by atoms with Crippen LogP contribution in [-0.2, 0) is 6.42 Å². The highest BCUT2D eigenvalue weighted by molar-refractivity contribution is 5.73. The maximum atomic E-state index is 9.66. The molecule has 6 nitrogen and oxygen atoms in total. The van der Waals surface area contributed by atoms with Crippen molar-refractivity contribution < 1.29 is 0 Å². The van der Waals surface area contributed by atoms with Crippen molar-refractivity contribution in [3.8, 4) is 6.07 Å². The van der Waals surface area contributed by atoms with Crippen molar-refractivity contribution in [2.24, 2.45) is 5.73 Å². The smallest absolute Gasteiger partial charge is 0.151 e. The second-order valence-electron chi connectivity index (χ2n) is 6.69. The number of nitrogens with one attached hydrogen (secondary N) is 1. The van der Waals surface area contributed by atoms with Crippen LogP contribution in [-0.4, -0.2) is 9.78 Å². The van der Waals surface area contributed by atoms with Crippen LogP contribution < -0.4 is 16.8 Å². The Hall–Kier alpha value is -3.72.